The lowest BCUT2D eigenvalue weighted by Gasteiger charge is -2.25. The van der Waals surface area contributed by atoms with E-state index in [-0.39, 0.29) is 0 Å². The van der Waals surface area contributed by atoms with Crippen molar-refractivity contribution in [3.8, 4) is 22.3 Å². The lowest BCUT2D eigenvalue weighted by Crippen LogP contribution is -2.10. The maximum Gasteiger partial charge on any atom is 0.0130 e. The Bertz CT molecular complexity index is 833. The van der Waals surface area contributed by atoms with E-state index in [9.17, 15) is 0 Å². The van der Waals surface area contributed by atoms with Crippen LogP contribution in [0.2, 0.25) is 0 Å². The molecule has 2 aromatic heterocycles. The topological polar surface area (TPSA) is 0 Å². The lowest BCUT2D eigenvalue weighted by atomic mass is 9.80. The molecule has 0 fully saturated rings. The molecule has 0 bridgehead atoms. The van der Waals surface area contributed by atoms with E-state index in [0.717, 1.165) is 0 Å². The van der Waals surface area contributed by atoms with Gasteiger partial charge in [0.15, 0.2) is 0 Å². The molecule has 0 spiro atoms. The lowest BCUT2D eigenvalue weighted by molar-refractivity contribution is 0.891. The average molecular weight is 322 g/mol. The predicted octanol–water partition coefficient (Wildman–Crippen LogP) is 5.96. The van der Waals surface area contributed by atoms with Gasteiger partial charge >= 0.3 is 0 Å². The SMILES string of the molecule is Cc1cc2c(s1)CCc1c-2ccc2c1CCc1sc(C)cc1-2. The van der Waals surface area contributed by atoms with Gasteiger partial charge in [0.1, 0.15) is 0 Å². The fraction of sp³-hybridized carbons (Fsp3) is 0.300. The normalized spacial score (nSPS) is 15.0. The van der Waals surface area contributed by atoms with Gasteiger partial charge < -0.3 is 0 Å². The summed E-state index contributed by atoms with van der Waals surface area (Å²) in [6.07, 6.45) is 4.91. The van der Waals surface area contributed by atoms with Crippen molar-refractivity contribution in [3.05, 3.63) is 54.9 Å². The predicted molar refractivity (Wildman–Crippen MR) is 97.4 cm³/mol. The minimum absolute atomic E-state index is 1.23. The molecule has 2 aliphatic carbocycles. The standard InChI is InChI=1S/C20H18S2/c1-11-9-17-15-3-4-16-14(13(15)5-7-19(17)21-11)6-8-20-18(16)10-12(2)22-20/h3-4,9-10H,5-8H2,1-2H3. The van der Waals surface area contributed by atoms with Crippen LogP contribution < -0.4 is 0 Å². The van der Waals surface area contributed by atoms with Gasteiger partial charge in [-0.1, -0.05) is 12.1 Å². The third kappa shape index (κ3) is 1.74. The summed E-state index contributed by atoms with van der Waals surface area (Å²) in [6.45, 7) is 4.48. The molecule has 2 aliphatic rings. The summed E-state index contributed by atoms with van der Waals surface area (Å²) in [5.41, 5.74) is 9.33. The average Bonchev–Trinajstić information content (AvgIpc) is 3.07. The van der Waals surface area contributed by atoms with Crippen molar-refractivity contribution in [1.82, 2.24) is 0 Å². The van der Waals surface area contributed by atoms with Crippen molar-refractivity contribution < 1.29 is 0 Å². The highest BCUT2D eigenvalue weighted by Gasteiger charge is 2.26. The molecule has 22 heavy (non-hydrogen) atoms. The number of fused-ring (bicyclic) bond motifs is 7. The zero-order valence-electron chi connectivity index (χ0n) is 13.0. The molecule has 1 aromatic carbocycles. The van der Waals surface area contributed by atoms with Gasteiger partial charge in [-0.05, 0) is 85.0 Å². The molecule has 0 atom stereocenters. The van der Waals surface area contributed by atoms with Crippen LogP contribution in [0.4, 0.5) is 0 Å². The monoisotopic (exact) mass is 322 g/mol. The van der Waals surface area contributed by atoms with Crippen LogP contribution in [0.25, 0.3) is 22.3 Å². The molecule has 0 radical (unpaired) electrons. The van der Waals surface area contributed by atoms with E-state index in [1.54, 1.807) is 20.9 Å². The van der Waals surface area contributed by atoms with Gasteiger partial charge in [-0.25, -0.2) is 0 Å². The van der Waals surface area contributed by atoms with E-state index in [4.69, 9.17) is 0 Å². The molecule has 0 aliphatic heterocycles. The third-order valence-corrected chi connectivity index (χ3v) is 7.30. The van der Waals surface area contributed by atoms with Crippen LogP contribution in [0.5, 0.6) is 0 Å². The first-order chi connectivity index (χ1) is 10.7. The highest BCUT2D eigenvalue weighted by molar-refractivity contribution is 7.12. The Labute approximate surface area is 139 Å². The maximum atomic E-state index is 2.40. The number of aryl methyl sites for hydroxylation is 4. The van der Waals surface area contributed by atoms with E-state index in [1.165, 1.54) is 57.7 Å². The second-order valence-electron chi connectivity index (χ2n) is 6.51. The van der Waals surface area contributed by atoms with Crippen LogP contribution in [0.1, 0.15) is 30.6 Å². The zero-order chi connectivity index (χ0) is 14.8. The summed E-state index contributed by atoms with van der Waals surface area (Å²) in [6, 6.07) is 9.57. The van der Waals surface area contributed by atoms with Gasteiger partial charge in [-0.2, -0.15) is 0 Å². The molecule has 2 heteroatoms. The van der Waals surface area contributed by atoms with Gasteiger partial charge in [-0.3, -0.25) is 0 Å². The fourth-order valence-electron chi connectivity index (χ4n) is 4.20. The molecule has 0 saturated heterocycles. The van der Waals surface area contributed by atoms with Crippen LogP contribution in [-0.2, 0) is 25.7 Å². The molecule has 5 rings (SSSR count). The van der Waals surface area contributed by atoms with Crippen molar-refractivity contribution in [2.75, 3.05) is 0 Å². The van der Waals surface area contributed by atoms with E-state index in [1.807, 2.05) is 22.7 Å². The molecule has 3 aromatic rings. The van der Waals surface area contributed by atoms with E-state index >= 15 is 0 Å². The fourth-order valence-corrected chi connectivity index (χ4v) is 6.29. The molecular weight excluding hydrogens is 304 g/mol. The summed E-state index contributed by atoms with van der Waals surface area (Å²) in [4.78, 5) is 6.08. The maximum absolute atomic E-state index is 2.40. The van der Waals surface area contributed by atoms with Gasteiger partial charge in [0.25, 0.3) is 0 Å². The third-order valence-electron chi connectivity index (χ3n) is 5.08. The van der Waals surface area contributed by atoms with Gasteiger partial charge in [-0.15, -0.1) is 22.7 Å². The summed E-state index contributed by atoms with van der Waals surface area (Å²) in [5.74, 6) is 0. The summed E-state index contributed by atoms with van der Waals surface area (Å²) in [5, 5.41) is 0. The van der Waals surface area contributed by atoms with Crippen LogP contribution in [0.3, 0.4) is 0 Å². The van der Waals surface area contributed by atoms with Crippen molar-refractivity contribution in [2.45, 2.75) is 39.5 Å². The van der Waals surface area contributed by atoms with Crippen molar-refractivity contribution in [1.29, 1.82) is 0 Å². The summed E-state index contributed by atoms with van der Waals surface area (Å²) in [7, 11) is 0. The first-order valence-corrected chi connectivity index (χ1v) is 9.68. The van der Waals surface area contributed by atoms with Crippen molar-refractivity contribution in [2.24, 2.45) is 0 Å². The smallest absolute Gasteiger partial charge is 0.0130 e. The Morgan fingerprint density at radius 3 is 1.55 bits per heavy atom. The molecule has 110 valence electrons. The minimum Gasteiger partial charge on any atom is -0.145 e. The first kappa shape index (κ1) is 13.1. The highest BCUT2D eigenvalue weighted by Crippen LogP contribution is 2.46. The molecule has 0 N–H and O–H groups in total. The van der Waals surface area contributed by atoms with Gasteiger partial charge in [0, 0.05) is 19.5 Å². The Morgan fingerprint density at radius 2 is 1.09 bits per heavy atom. The van der Waals surface area contributed by atoms with Crippen molar-refractivity contribution in [3.63, 3.8) is 0 Å². The molecule has 0 nitrogen and oxygen atoms in total. The largest absolute Gasteiger partial charge is 0.145 e. The van der Waals surface area contributed by atoms with Gasteiger partial charge in [0.05, 0.1) is 0 Å². The second kappa shape index (κ2) is 4.56. The Hall–Kier alpha value is -1.38. The first-order valence-electron chi connectivity index (χ1n) is 8.05. The van der Waals surface area contributed by atoms with Crippen LogP contribution in [0.15, 0.2) is 24.3 Å². The quantitative estimate of drug-likeness (QED) is 0.479. The summed E-state index contributed by atoms with van der Waals surface area (Å²) < 4.78 is 0. The van der Waals surface area contributed by atoms with Gasteiger partial charge in [0.2, 0.25) is 0 Å². The van der Waals surface area contributed by atoms with E-state index in [2.05, 4.69) is 38.1 Å². The molecular formula is C20H18S2. The summed E-state index contributed by atoms with van der Waals surface area (Å²) >= 11 is 3.97. The number of thiophene rings is 2. The number of benzene rings is 1. The van der Waals surface area contributed by atoms with Crippen molar-refractivity contribution >= 4 is 22.7 Å². The minimum atomic E-state index is 1.23. The number of hydrogen-bond donors (Lipinski definition) is 0. The number of hydrogen-bond acceptors (Lipinski definition) is 2. The molecule has 0 unspecified atom stereocenters. The highest BCUT2D eigenvalue weighted by atomic mass is 32.1. The Kier molecular flexibility index (Phi) is 2.71. The second-order valence-corrected chi connectivity index (χ2v) is 9.19. The van der Waals surface area contributed by atoms with E-state index < -0.39 is 0 Å². The molecule has 0 amide bonds. The molecule has 0 saturated carbocycles. The number of rotatable bonds is 0. The molecule has 2 heterocycles. The van der Waals surface area contributed by atoms with Crippen LogP contribution in [0, 0.1) is 13.8 Å². The zero-order valence-corrected chi connectivity index (χ0v) is 14.6. The van der Waals surface area contributed by atoms with Crippen LogP contribution in [-0.4, -0.2) is 0 Å². The Morgan fingerprint density at radius 1 is 0.636 bits per heavy atom. The van der Waals surface area contributed by atoms with Crippen LogP contribution >= 0.6 is 22.7 Å². The van der Waals surface area contributed by atoms with E-state index in [0.29, 0.717) is 0 Å². The Balaban J connectivity index is 1.76.